The summed E-state index contributed by atoms with van der Waals surface area (Å²) in [6.45, 7) is 6.44. The summed E-state index contributed by atoms with van der Waals surface area (Å²) in [6, 6.07) is 6.16. The summed E-state index contributed by atoms with van der Waals surface area (Å²) in [5.41, 5.74) is 1.08. The number of hydrogen-bond donors (Lipinski definition) is 0. The number of hydrogen-bond acceptors (Lipinski definition) is 1. The predicted octanol–water partition coefficient (Wildman–Crippen LogP) is 3.55. The minimum Gasteiger partial charge on any atom is -0.266 e. The van der Waals surface area contributed by atoms with Crippen LogP contribution in [0.1, 0.15) is 20.8 Å². The summed E-state index contributed by atoms with van der Waals surface area (Å²) in [5, 5.41) is 5.71. The highest BCUT2D eigenvalue weighted by molar-refractivity contribution is 9.10. The normalized spacial score (nSPS) is 12.3. The molecule has 0 unspecified atom stereocenters. The molecule has 0 atom stereocenters. The van der Waals surface area contributed by atoms with E-state index in [1.165, 1.54) is 5.39 Å². The van der Waals surface area contributed by atoms with Gasteiger partial charge in [0.15, 0.2) is 0 Å². The Morgan fingerprint density at radius 3 is 2.64 bits per heavy atom. The number of nitrogens with zero attached hydrogens (tertiary/aromatic N) is 2. The first-order valence-electron chi connectivity index (χ1n) is 4.62. The molecule has 0 aliphatic heterocycles. The molecule has 0 fully saturated rings. The van der Waals surface area contributed by atoms with Crippen LogP contribution in [0.2, 0.25) is 0 Å². The number of halogens is 1. The Kier molecular flexibility index (Phi) is 2.14. The van der Waals surface area contributed by atoms with Gasteiger partial charge in [-0.15, -0.1) is 0 Å². The van der Waals surface area contributed by atoms with Crippen LogP contribution in [0.15, 0.2) is 28.9 Å². The van der Waals surface area contributed by atoms with Gasteiger partial charge in [0.1, 0.15) is 0 Å². The van der Waals surface area contributed by atoms with E-state index < -0.39 is 0 Å². The van der Waals surface area contributed by atoms with Gasteiger partial charge in [0, 0.05) is 16.1 Å². The third kappa shape index (κ3) is 1.69. The van der Waals surface area contributed by atoms with Crippen LogP contribution in [-0.4, -0.2) is 9.78 Å². The van der Waals surface area contributed by atoms with E-state index in [1.807, 2.05) is 16.8 Å². The van der Waals surface area contributed by atoms with Gasteiger partial charge in [-0.25, -0.2) is 0 Å². The lowest BCUT2D eigenvalue weighted by atomic mass is 10.1. The first-order valence-corrected chi connectivity index (χ1v) is 5.41. The fraction of sp³-hybridized carbons (Fsp3) is 0.364. The second kappa shape index (κ2) is 3.09. The van der Waals surface area contributed by atoms with Crippen molar-refractivity contribution in [2.45, 2.75) is 26.3 Å². The van der Waals surface area contributed by atoms with Gasteiger partial charge in [0.2, 0.25) is 0 Å². The average Bonchev–Trinajstić information content (AvgIpc) is 2.45. The quantitative estimate of drug-likeness (QED) is 0.702. The highest BCUT2D eigenvalue weighted by atomic mass is 79.9. The Labute approximate surface area is 92.0 Å². The highest BCUT2D eigenvalue weighted by Gasteiger charge is 2.14. The van der Waals surface area contributed by atoms with E-state index in [-0.39, 0.29) is 5.54 Å². The molecule has 2 aromatic rings. The van der Waals surface area contributed by atoms with Crippen molar-refractivity contribution in [2.24, 2.45) is 0 Å². The molecule has 0 saturated carbocycles. The topological polar surface area (TPSA) is 17.8 Å². The molecule has 14 heavy (non-hydrogen) atoms. The van der Waals surface area contributed by atoms with Gasteiger partial charge in [0.05, 0.1) is 11.1 Å². The minimum absolute atomic E-state index is 0.0471. The van der Waals surface area contributed by atoms with Crippen molar-refractivity contribution in [1.29, 1.82) is 0 Å². The average molecular weight is 253 g/mol. The second-order valence-corrected chi connectivity index (χ2v) is 5.36. The number of rotatable bonds is 0. The Morgan fingerprint density at radius 1 is 1.29 bits per heavy atom. The Hall–Kier alpha value is -0.830. The molecule has 3 heteroatoms. The number of benzene rings is 1. The van der Waals surface area contributed by atoms with Gasteiger partial charge in [-0.2, -0.15) is 5.10 Å². The third-order valence-corrected chi connectivity index (χ3v) is 2.65. The molecule has 0 aliphatic rings. The molecule has 0 N–H and O–H groups in total. The van der Waals surface area contributed by atoms with Crippen LogP contribution in [-0.2, 0) is 5.54 Å². The zero-order valence-electron chi connectivity index (χ0n) is 8.58. The van der Waals surface area contributed by atoms with E-state index in [0.29, 0.717) is 0 Å². The maximum Gasteiger partial charge on any atom is 0.0934 e. The van der Waals surface area contributed by atoms with E-state index in [0.717, 1.165) is 9.99 Å². The lowest BCUT2D eigenvalue weighted by molar-refractivity contribution is 0.358. The van der Waals surface area contributed by atoms with Crippen LogP contribution >= 0.6 is 15.9 Å². The van der Waals surface area contributed by atoms with E-state index in [9.17, 15) is 0 Å². The van der Waals surface area contributed by atoms with E-state index in [1.54, 1.807) is 0 Å². The Bertz CT molecular complexity index is 466. The molecule has 2 nitrogen and oxygen atoms in total. The van der Waals surface area contributed by atoms with Gasteiger partial charge in [-0.3, -0.25) is 4.68 Å². The number of aromatic nitrogens is 2. The molecule has 1 aromatic carbocycles. The SMILES string of the molecule is CC(C)(C)n1cc2ccc(Br)cc2n1. The standard InChI is InChI=1S/C11H13BrN2/c1-11(2,3)14-7-8-4-5-9(12)6-10(8)13-14/h4-7H,1-3H3. The van der Waals surface area contributed by atoms with Crippen LogP contribution in [0.5, 0.6) is 0 Å². The molecular formula is C11H13BrN2. The summed E-state index contributed by atoms with van der Waals surface area (Å²) < 4.78 is 3.08. The largest absolute Gasteiger partial charge is 0.266 e. The number of fused-ring (bicyclic) bond motifs is 1. The van der Waals surface area contributed by atoms with Gasteiger partial charge in [-0.1, -0.05) is 22.0 Å². The molecule has 0 spiro atoms. The molecule has 0 radical (unpaired) electrons. The first kappa shape index (κ1) is 9.71. The molecule has 2 rings (SSSR count). The van der Waals surface area contributed by atoms with Crippen molar-refractivity contribution in [2.75, 3.05) is 0 Å². The van der Waals surface area contributed by atoms with E-state index in [2.05, 4.69) is 54.1 Å². The molecule has 0 bridgehead atoms. The molecule has 0 aliphatic carbocycles. The van der Waals surface area contributed by atoms with Crippen molar-refractivity contribution in [3.8, 4) is 0 Å². The molecule has 0 amide bonds. The van der Waals surface area contributed by atoms with Crippen LogP contribution in [0.3, 0.4) is 0 Å². The molecular weight excluding hydrogens is 240 g/mol. The highest BCUT2D eigenvalue weighted by Crippen LogP contribution is 2.21. The zero-order chi connectivity index (χ0) is 10.3. The molecule has 0 saturated heterocycles. The smallest absolute Gasteiger partial charge is 0.0934 e. The fourth-order valence-corrected chi connectivity index (χ4v) is 1.68. The molecule has 1 heterocycles. The minimum atomic E-state index is 0.0471. The van der Waals surface area contributed by atoms with Crippen molar-refractivity contribution in [3.63, 3.8) is 0 Å². The summed E-state index contributed by atoms with van der Waals surface area (Å²) in [4.78, 5) is 0. The van der Waals surface area contributed by atoms with Crippen LogP contribution in [0, 0.1) is 0 Å². The van der Waals surface area contributed by atoms with Gasteiger partial charge < -0.3 is 0 Å². The lowest BCUT2D eigenvalue weighted by Gasteiger charge is -2.18. The van der Waals surface area contributed by atoms with Crippen LogP contribution in [0.25, 0.3) is 10.9 Å². The third-order valence-electron chi connectivity index (χ3n) is 2.16. The summed E-state index contributed by atoms with van der Waals surface area (Å²) in [6.07, 6.45) is 2.09. The summed E-state index contributed by atoms with van der Waals surface area (Å²) >= 11 is 3.44. The van der Waals surface area contributed by atoms with Gasteiger partial charge >= 0.3 is 0 Å². The summed E-state index contributed by atoms with van der Waals surface area (Å²) in [7, 11) is 0. The Balaban J connectivity index is 2.63. The van der Waals surface area contributed by atoms with Crippen molar-refractivity contribution in [1.82, 2.24) is 9.78 Å². The van der Waals surface area contributed by atoms with Crippen LogP contribution in [0.4, 0.5) is 0 Å². The van der Waals surface area contributed by atoms with Gasteiger partial charge in [0.25, 0.3) is 0 Å². The van der Waals surface area contributed by atoms with E-state index >= 15 is 0 Å². The van der Waals surface area contributed by atoms with Crippen molar-refractivity contribution in [3.05, 3.63) is 28.9 Å². The fourth-order valence-electron chi connectivity index (χ4n) is 1.33. The maximum atomic E-state index is 4.53. The Morgan fingerprint density at radius 2 is 2.00 bits per heavy atom. The monoisotopic (exact) mass is 252 g/mol. The molecule has 74 valence electrons. The summed E-state index contributed by atoms with van der Waals surface area (Å²) in [5.74, 6) is 0. The van der Waals surface area contributed by atoms with E-state index in [4.69, 9.17) is 0 Å². The van der Waals surface area contributed by atoms with Crippen molar-refractivity contribution >= 4 is 26.8 Å². The van der Waals surface area contributed by atoms with Crippen molar-refractivity contribution < 1.29 is 0 Å². The molecule has 1 aromatic heterocycles. The zero-order valence-corrected chi connectivity index (χ0v) is 10.2. The van der Waals surface area contributed by atoms with Gasteiger partial charge in [-0.05, 0) is 32.9 Å². The second-order valence-electron chi connectivity index (χ2n) is 4.45. The predicted molar refractivity (Wildman–Crippen MR) is 62.4 cm³/mol. The lowest BCUT2D eigenvalue weighted by Crippen LogP contribution is -2.21. The first-order chi connectivity index (χ1) is 6.47. The van der Waals surface area contributed by atoms with Crippen LogP contribution < -0.4 is 0 Å². The maximum absolute atomic E-state index is 4.53.